The van der Waals surface area contributed by atoms with Crippen LogP contribution < -0.4 is 5.32 Å². The minimum Gasteiger partial charge on any atom is -0.466 e. The van der Waals surface area contributed by atoms with Crippen molar-refractivity contribution in [1.29, 1.82) is 0 Å². The topological polar surface area (TPSA) is 34.4 Å². The molecule has 3 nitrogen and oxygen atoms in total. The molecule has 3 heteroatoms. The molecular formula is C16H27NO2. The van der Waals surface area contributed by atoms with E-state index in [0.29, 0.717) is 6.04 Å². The van der Waals surface area contributed by atoms with Crippen molar-refractivity contribution in [2.24, 2.45) is 5.92 Å². The van der Waals surface area contributed by atoms with E-state index >= 15 is 0 Å². The molecule has 1 aliphatic rings. The van der Waals surface area contributed by atoms with E-state index < -0.39 is 0 Å². The Hall–Kier alpha value is -0.800. The van der Waals surface area contributed by atoms with E-state index in [9.17, 15) is 0 Å². The summed E-state index contributed by atoms with van der Waals surface area (Å²) in [6.45, 7) is 11.3. The second-order valence-corrected chi connectivity index (χ2v) is 5.65. The first-order valence-electron chi connectivity index (χ1n) is 7.51. The van der Waals surface area contributed by atoms with Gasteiger partial charge in [-0.15, -0.1) is 0 Å². The Morgan fingerprint density at radius 2 is 1.84 bits per heavy atom. The van der Waals surface area contributed by atoms with Gasteiger partial charge in [-0.2, -0.15) is 0 Å². The molecule has 1 aromatic heterocycles. The number of ether oxygens (including phenoxy) is 1. The van der Waals surface area contributed by atoms with Crippen LogP contribution in [0.4, 0.5) is 0 Å². The summed E-state index contributed by atoms with van der Waals surface area (Å²) in [6, 6.07) is 0.422. The fourth-order valence-corrected chi connectivity index (χ4v) is 3.19. The molecule has 0 aromatic carbocycles. The SMILES string of the molecule is CCNC(CC1CCOCC1)c1c(C)oc(C)c1C. The lowest BCUT2D eigenvalue weighted by Gasteiger charge is -2.27. The Kier molecular flexibility index (Phi) is 5.06. The molecule has 0 bridgehead atoms. The fourth-order valence-electron chi connectivity index (χ4n) is 3.19. The van der Waals surface area contributed by atoms with Gasteiger partial charge in [0.25, 0.3) is 0 Å². The quantitative estimate of drug-likeness (QED) is 0.882. The molecular weight excluding hydrogens is 238 g/mol. The first-order chi connectivity index (χ1) is 9.13. The molecule has 0 saturated carbocycles. The summed E-state index contributed by atoms with van der Waals surface area (Å²) in [5.74, 6) is 2.90. The molecule has 0 amide bonds. The fraction of sp³-hybridized carbons (Fsp3) is 0.750. The van der Waals surface area contributed by atoms with Gasteiger partial charge < -0.3 is 14.5 Å². The summed E-state index contributed by atoms with van der Waals surface area (Å²) in [5.41, 5.74) is 2.70. The molecule has 1 N–H and O–H groups in total. The van der Waals surface area contributed by atoms with Gasteiger partial charge in [0.1, 0.15) is 11.5 Å². The lowest BCUT2D eigenvalue weighted by molar-refractivity contribution is 0.0605. The van der Waals surface area contributed by atoms with Crippen molar-refractivity contribution < 1.29 is 9.15 Å². The van der Waals surface area contributed by atoms with Gasteiger partial charge in [-0.1, -0.05) is 6.92 Å². The van der Waals surface area contributed by atoms with Gasteiger partial charge in [0.2, 0.25) is 0 Å². The maximum absolute atomic E-state index is 5.80. The third-order valence-corrected chi connectivity index (χ3v) is 4.33. The van der Waals surface area contributed by atoms with E-state index in [0.717, 1.165) is 37.2 Å². The van der Waals surface area contributed by atoms with Crippen LogP contribution in [0.25, 0.3) is 0 Å². The van der Waals surface area contributed by atoms with Crippen LogP contribution in [0.1, 0.15) is 54.9 Å². The average Bonchev–Trinajstić information content (AvgIpc) is 2.64. The molecule has 1 saturated heterocycles. The van der Waals surface area contributed by atoms with Crippen LogP contribution in [0.15, 0.2) is 4.42 Å². The zero-order valence-electron chi connectivity index (χ0n) is 12.7. The molecule has 1 fully saturated rings. The minimum atomic E-state index is 0.422. The Morgan fingerprint density at radius 3 is 2.37 bits per heavy atom. The molecule has 1 aromatic rings. The maximum atomic E-state index is 5.80. The van der Waals surface area contributed by atoms with Gasteiger partial charge in [-0.05, 0) is 58.1 Å². The van der Waals surface area contributed by atoms with Crippen LogP contribution in [0.2, 0.25) is 0 Å². The molecule has 2 heterocycles. The van der Waals surface area contributed by atoms with E-state index in [-0.39, 0.29) is 0 Å². The molecule has 1 unspecified atom stereocenters. The first kappa shape index (κ1) is 14.6. The predicted molar refractivity (Wildman–Crippen MR) is 77.5 cm³/mol. The number of hydrogen-bond donors (Lipinski definition) is 1. The summed E-state index contributed by atoms with van der Waals surface area (Å²) in [6.07, 6.45) is 3.57. The number of furan rings is 1. The lowest BCUT2D eigenvalue weighted by Crippen LogP contribution is -2.27. The van der Waals surface area contributed by atoms with Crippen LogP contribution in [0.5, 0.6) is 0 Å². The van der Waals surface area contributed by atoms with E-state index in [1.54, 1.807) is 0 Å². The highest BCUT2D eigenvalue weighted by Crippen LogP contribution is 2.33. The molecule has 2 rings (SSSR count). The monoisotopic (exact) mass is 265 g/mol. The van der Waals surface area contributed by atoms with Gasteiger partial charge >= 0.3 is 0 Å². The summed E-state index contributed by atoms with van der Waals surface area (Å²) >= 11 is 0. The van der Waals surface area contributed by atoms with Crippen molar-refractivity contribution in [2.45, 2.75) is 53.0 Å². The van der Waals surface area contributed by atoms with Crippen LogP contribution in [-0.4, -0.2) is 19.8 Å². The smallest absolute Gasteiger partial charge is 0.106 e. The number of nitrogens with one attached hydrogen (secondary N) is 1. The van der Waals surface area contributed by atoms with Crippen LogP contribution >= 0.6 is 0 Å². The van der Waals surface area contributed by atoms with E-state index in [2.05, 4.69) is 33.0 Å². The molecule has 108 valence electrons. The Labute approximate surface area is 116 Å². The van der Waals surface area contributed by atoms with Crippen molar-refractivity contribution in [2.75, 3.05) is 19.8 Å². The van der Waals surface area contributed by atoms with Gasteiger partial charge in [0.15, 0.2) is 0 Å². The summed E-state index contributed by atoms with van der Waals surface area (Å²) in [4.78, 5) is 0. The highest BCUT2D eigenvalue weighted by molar-refractivity contribution is 5.34. The molecule has 1 atom stereocenters. The molecule has 0 spiro atoms. The summed E-state index contributed by atoms with van der Waals surface area (Å²) < 4.78 is 11.3. The zero-order valence-corrected chi connectivity index (χ0v) is 12.7. The van der Waals surface area contributed by atoms with Crippen molar-refractivity contribution in [3.8, 4) is 0 Å². The van der Waals surface area contributed by atoms with Gasteiger partial charge in [-0.25, -0.2) is 0 Å². The Balaban J connectivity index is 2.14. The average molecular weight is 265 g/mol. The summed E-state index contributed by atoms with van der Waals surface area (Å²) in [5, 5.41) is 3.64. The van der Waals surface area contributed by atoms with E-state index in [1.165, 1.54) is 30.4 Å². The lowest BCUT2D eigenvalue weighted by atomic mass is 9.88. The molecule has 1 aliphatic heterocycles. The normalized spacial score (nSPS) is 18.7. The van der Waals surface area contributed by atoms with Crippen LogP contribution in [0, 0.1) is 26.7 Å². The molecule has 19 heavy (non-hydrogen) atoms. The standard InChI is InChI=1S/C16H27NO2/c1-5-17-15(10-14-6-8-18-9-7-14)16-11(2)12(3)19-13(16)4/h14-15,17H,5-10H2,1-4H3. The minimum absolute atomic E-state index is 0.422. The van der Waals surface area contributed by atoms with Gasteiger partial charge in [0.05, 0.1) is 0 Å². The van der Waals surface area contributed by atoms with Gasteiger partial charge in [-0.3, -0.25) is 0 Å². The van der Waals surface area contributed by atoms with Crippen molar-refractivity contribution in [1.82, 2.24) is 5.32 Å². The highest BCUT2D eigenvalue weighted by atomic mass is 16.5. The van der Waals surface area contributed by atoms with E-state index in [4.69, 9.17) is 9.15 Å². The zero-order chi connectivity index (χ0) is 13.8. The maximum Gasteiger partial charge on any atom is 0.106 e. The van der Waals surface area contributed by atoms with Crippen molar-refractivity contribution in [3.63, 3.8) is 0 Å². The van der Waals surface area contributed by atoms with Crippen LogP contribution in [0.3, 0.4) is 0 Å². The predicted octanol–water partition coefficient (Wildman–Crippen LogP) is 3.67. The van der Waals surface area contributed by atoms with E-state index in [1.807, 2.05) is 0 Å². The second-order valence-electron chi connectivity index (χ2n) is 5.65. The molecule has 0 aliphatic carbocycles. The number of aryl methyl sites for hydroxylation is 2. The third-order valence-electron chi connectivity index (χ3n) is 4.33. The third kappa shape index (κ3) is 3.40. The largest absolute Gasteiger partial charge is 0.466 e. The second kappa shape index (κ2) is 6.58. The van der Waals surface area contributed by atoms with Crippen molar-refractivity contribution >= 4 is 0 Å². The molecule has 0 radical (unpaired) electrons. The van der Waals surface area contributed by atoms with Crippen LogP contribution in [-0.2, 0) is 4.74 Å². The highest BCUT2D eigenvalue weighted by Gasteiger charge is 2.24. The summed E-state index contributed by atoms with van der Waals surface area (Å²) in [7, 11) is 0. The van der Waals surface area contributed by atoms with Gasteiger partial charge in [0, 0.05) is 24.8 Å². The first-order valence-corrected chi connectivity index (χ1v) is 7.51. The van der Waals surface area contributed by atoms with Crippen molar-refractivity contribution in [3.05, 3.63) is 22.6 Å². The number of hydrogen-bond acceptors (Lipinski definition) is 3. The Bertz CT molecular complexity index is 405. The number of rotatable bonds is 5. The Morgan fingerprint density at radius 1 is 1.16 bits per heavy atom.